The lowest BCUT2D eigenvalue weighted by atomic mass is 10.0. The Kier molecular flexibility index (Phi) is 3.42. The molecule has 0 aliphatic carbocycles. The molecule has 5 heteroatoms. The molecule has 2 aromatic carbocycles. The fraction of sp³-hybridized carbons (Fsp3) is 0.111. The lowest BCUT2D eigenvalue weighted by molar-refractivity contribution is 0.560. The van der Waals surface area contributed by atoms with E-state index in [9.17, 15) is 4.79 Å². The van der Waals surface area contributed by atoms with Crippen LogP contribution in [0.25, 0.3) is 21.7 Å². The third-order valence-corrected chi connectivity index (χ3v) is 4.96. The van der Waals surface area contributed by atoms with E-state index in [1.54, 1.807) is 24.0 Å². The average Bonchev–Trinajstić information content (AvgIpc) is 2.97. The summed E-state index contributed by atoms with van der Waals surface area (Å²) in [6, 6.07) is 13.6. The van der Waals surface area contributed by atoms with E-state index in [-0.39, 0.29) is 5.63 Å². The first-order valence-corrected chi connectivity index (χ1v) is 8.25. The van der Waals surface area contributed by atoms with Crippen LogP contribution in [0.4, 0.5) is 0 Å². The predicted octanol–water partition coefficient (Wildman–Crippen LogP) is 3.97. The van der Waals surface area contributed by atoms with E-state index in [4.69, 9.17) is 4.42 Å². The third-order valence-electron chi connectivity index (χ3n) is 3.85. The number of benzene rings is 2. The normalized spacial score (nSPS) is 11.3. The summed E-state index contributed by atoms with van der Waals surface area (Å²) in [7, 11) is 1.96. The van der Waals surface area contributed by atoms with Crippen molar-refractivity contribution in [2.24, 2.45) is 7.05 Å². The quantitative estimate of drug-likeness (QED) is 0.325. The van der Waals surface area contributed by atoms with E-state index in [1.807, 2.05) is 42.1 Å². The molecule has 0 aliphatic heterocycles. The summed E-state index contributed by atoms with van der Waals surface area (Å²) < 4.78 is 7.35. The first-order chi connectivity index (χ1) is 11.2. The molecule has 4 aromatic rings. The summed E-state index contributed by atoms with van der Waals surface area (Å²) in [5, 5.41) is 4.16. The number of aryl methyl sites for hydroxylation is 1. The summed E-state index contributed by atoms with van der Waals surface area (Å²) in [6.45, 7) is 0. The first-order valence-electron chi connectivity index (χ1n) is 7.27. The van der Waals surface area contributed by atoms with Gasteiger partial charge in [0.2, 0.25) is 0 Å². The van der Waals surface area contributed by atoms with Gasteiger partial charge in [-0.3, -0.25) is 0 Å². The average molecular weight is 322 g/mol. The topological polar surface area (TPSA) is 48.0 Å². The summed E-state index contributed by atoms with van der Waals surface area (Å²) in [5.41, 5.74) is 1.29. The number of hydrogen-bond donors (Lipinski definition) is 0. The highest BCUT2D eigenvalue weighted by atomic mass is 32.2. The van der Waals surface area contributed by atoms with Crippen molar-refractivity contribution in [2.75, 3.05) is 0 Å². The van der Waals surface area contributed by atoms with Crippen molar-refractivity contribution in [3.05, 3.63) is 70.8 Å². The van der Waals surface area contributed by atoms with Crippen LogP contribution < -0.4 is 5.63 Å². The van der Waals surface area contributed by atoms with E-state index in [0.717, 1.165) is 26.9 Å². The number of fused-ring (bicyclic) bond motifs is 3. The molecule has 0 saturated heterocycles. The number of hydrogen-bond acceptors (Lipinski definition) is 4. The molecule has 2 heterocycles. The molecule has 23 heavy (non-hydrogen) atoms. The van der Waals surface area contributed by atoms with Gasteiger partial charge in [0.05, 0.1) is 0 Å². The van der Waals surface area contributed by atoms with E-state index in [2.05, 4.69) is 17.1 Å². The minimum atomic E-state index is -0.316. The Morgan fingerprint density at radius 2 is 2.09 bits per heavy atom. The molecule has 4 nitrogen and oxygen atoms in total. The Balaban J connectivity index is 1.88. The second kappa shape index (κ2) is 5.59. The van der Waals surface area contributed by atoms with Crippen molar-refractivity contribution in [3.63, 3.8) is 0 Å². The van der Waals surface area contributed by atoms with Crippen molar-refractivity contribution in [1.29, 1.82) is 0 Å². The highest BCUT2D eigenvalue weighted by Gasteiger charge is 2.11. The van der Waals surface area contributed by atoms with Gasteiger partial charge in [-0.1, -0.05) is 42.1 Å². The molecule has 2 aromatic heterocycles. The largest absolute Gasteiger partial charge is 0.423 e. The molecule has 0 unspecified atom stereocenters. The minimum absolute atomic E-state index is 0.316. The van der Waals surface area contributed by atoms with Gasteiger partial charge in [0, 0.05) is 36.6 Å². The fourth-order valence-corrected chi connectivity index (χ4v) is 3.68. The molecule has 0 spiro atoms. The molecular formula is C18H14N2O2S. The zero-order chi connectivity index (χ0) is 15.8. The first kappa shape index (κ1) is 14.1. The van der Waals surface area contributed by atoms with Gasteiger partial charge in [0.15, 0.2) is 5.16 Å². The summed E-state index contributed by atoms with van der Waals surface area (Å²) >= 11 is 1.61. The summed E-state index contributed by atoms with van der Waals surface area (Å²) in [4.78, 5) is 16.2. The second-order valence-corrected chi connectivity index (χ2v) is 6.30. The van der Waals surface area contributed by atoms with Crippen LogP contribution in [0.3, 0.4) is 0 Å². The maximum Gasteiger partial charge on any atom is 0.336 e. The molecular weight excluding hydrogens is 308 g/mol. The fourth-order valence-electron chi connectivity index (χ4n) is 2.77. The van der Waals surface area contributed by atoms with Gasteiger partial charge in [0.25, 0.3) is 0 Å². The Labute approximate surface area is 136 Å². The van der Waals surface area contributed by atoms with Gasteiger partial charge in [-0.15, -0.1) is 0 Å². The van der Waals surface area contributed by atoms with Gasteiger partial charge >= 0.3 is 5.63 Å². The number of aromatic nitrogens is 2. The van der Waals surface area contributed by atoms with Crippen LogP contribution in [0.1, 0.15) is 5.56 Å². The summed E-state index contributed by atoms with van der Waals surface area (Å²) in [5.74, 6) is 0.668. The maximum atomic E-state index is 11.9. The number of nitrogens with zero attached hydrogens (tertiary/aromatic N) is 2. The monoisotopic (exact) mass is 322 g/mol. The smallest absolute Gasteiger partial charge is 0.336 e. The molecule has 0 bridgehead atoms. The number of thioether (sulfide) groups is 1. The van der Waals surface area contributed by atoms with Crippen molar-refractivity contribution < 1.29 is 4.42 Å². The molecule has 0 amide bonds. The predicted molar refractivity (Wildman–Crippen MR) is 92.8 cm³/mol. The molecule has 0 saturated carbocycles. The minimum Gasteiger partial charge on any atom is -0.423 e. The highest BCUT2D eigenvalue weighted by molar-refractivity contribution is 7.98. The standard InChI is InChI=1S/C18H14N2O2S/c1-20-9-8-19-18(20)23-11-13-10-16(21)22-15-7-6-12-4-2-3-5-14(12)17(13)15/h2-10H,11H2,1H3. The zero-order valence-electron chi connectivity index (χ0n) is 12.5. The van der Waals surface area contributed by atoms with Crippen LogP contribution in [0.2, 0.25) is 0 Å². The van der Waals surface area contributed by atoms with E-state index >= 15 is 0 Å². The molecule has 0 aliphatic rings. The van der Waals surface area contributed by atoms with Gasteiger partial charge in [-0.05, 0) is 22.4 Å². The van der Waals surface area contributed by atoms with Crippen LogP contribution in [-0.4, -0.2) is 9.55 Å². The number of imidazole rings is 1. The van der Waals surface area contributed by atoms with Crippen molar-refractivity contribution in [2.45, 2.75) is 10.9 Å². The van der Waals surface area contributed by atoms with Gasteiger partial charge in [0.1, 0.15) is 5.58 Å². The molecule has 0 radical (unpaired) electrons. The SMILES string of the molecule is Cn1ccnc1SCc1cc(=O)oc2ccc3ccccc3c12. The number of rotatable bonds is 3. The van der Waals surface area contributed by atoms with Crippen molar-refractivity contribution in [3.8, 4) is 0 Å². The summed E-state index contributed by atoms with van der Waals surface area (Å²) in [6.07, 6.45) is 3.68. The molecule has 0 N–H and O–H groups in total. The van der Waals surface area contributed by atoms with Gasteiger partial charge in [-0.2, -0.15) is 0 Å². The van der Waals surface area contributed by atoms with Crippen molar-refractivity contribution in [1.82, 2.24) is 9.55 Å². The van der Waals surface area contributed by atoms with E-state index in [0.29, 0.717) is 11.3 Å². The zero-order valence-corrected chi connectivity index (χ0v) is 13.3. The molecule has 0 fully saturated rings. The van der Waals surface area contributed by atoms with Crippen LogP contribution in [-0.2, 0) is 12.8 Å². The molecule has 114 valence electrons. The van der Waals surface area contributed by atoms with Crippen molar-refractivity contribution >= 4 is 33.5 Å². The van der Waals surface area contributed by atoms with Gasteiger partial charge in [-0.25, -0.2) is 9.78 Å². The van der Waals surface area contributed by atoms with E-state index < -0.39 is 0 Å². The highest BCUT2D eigenvalue weighted by Crippen LogP contribution is 2.30. The third kappa shape index (κ3) is 2.53. The van der Waals surface area contributed by atoms with Crippen LogP contribution in [0, 0.1) is 0 Å². The van der Waals surface area contributed by atoms with Crippen LogP contribution >= 0.6 is 11.8 Å². The van der Waals surface area contributed by atoms with Crippen LogP contribution in [0.15, 0.2) is 69.2 Å². The molecule has 4 rings (SSSR count). The second-order valence-electron chi connectivity index (χ2n) is 5.36. The Morgan fingerprint density at radius 1 is 1.22 bits per heavy atom. The maximum absolute atomic E-state index is 11.9. The molecule has 0 atom stereocenters. The lowest BCUT2D eigenvalue weighted by Gasteiger charge is -2.08. The Hall–Kier alpha value is -2.53. The van der Waals surface area contributed by atoms with E-state index in [1.165, 1.54) is 0 Å². The lowest BCUT2D eigenvalue weighted by Crippen LogP contribution is -2.00. The Bertz CT molecular complexity index is 1070. The van der Waals surface area contributed by atoms with Crippen LogP contribution in [0.5, 0.6) is 0 Å². The Morgan fingerprint density at radius 3 is 2.91 bits per heavy atom. The van der Waals surface area contributed by atoms with Gasteiger partial charge < -0.3 is 8.98 Å².